The predicted octanol–water partition coefficient (Wildman–Crippen LogP) is 4.15. The molecule has 1 aromatic heterocycles. The SMILES string of the molecule is CC.Fc1cccc2c(C3=NNCCC3)csc12. The van der Waals surface area contributed by atoms with Gasteiger partial charge >= 0.3 is 0 Å². The number of benzene rings is 1. The molecular formula is C14H17FN2S. The first-order valence-electron chi connectivity index (χ1n) is 6.32. The number of halogens is 1. The van der Waals surface area contributed by atoms with Crippen molar-refractivity contribution in [2.45, 2.75) is 26.7 Å². The fraction of sp³-hybridized carbons (Fsp3) is 0.357. The third kappa shape index (κ3) is 2.38. The minimum atomic E-state index is -0.141. The van der Waals surface area contributed by atoms with Crippen molar-refractivity contribution in [2.24, 2.45) is 5.10 Å². The summed E-state index contributed by atoms with van der Waals surface area (Å²) in [7, 11) is 0. The molecule has 0 radical (unpaired) electrons. The molecule has 96 valence electrons. The molecule has 0 fully saturated rings. The molecule has 2 nitrogen and oxygen atoms in total. The first-order valence-corrected chi connectivity index (χ1v) is 7.20. The maximum Gasteiger partial charge on any atom is 0.141 e. The molecule has 0 atom stereocenters. The third-order valence-electron chi connectivity index (χ3n) is 2.78. The lowest BCUT2D eigenvalue weighted by atomic mass is 10.0. The number of hydrogen-bond donors (Lipinski definition) is 1. The maximum atomic E-state index is 13.5. The zero-order valence-corrected chi connectivity index (χ0v) is 11.5. The highest BCUT2D eigenvalue weighted by atomic mass is 32.1. The van der Waals surface area contributed by atoms with E-state index in [4.69, 9.17) is 0 Å². The van der Waals surface area contributed by atoms with Crippen LogP contribution < -0.4 is 5.43 Å². The summed E-state index contributed by atoms with van der Waals surface area (Å²) in [5, 5.41) is 7.28. The number of hydrazone groups is 1. The monoisotopic (exact) mass is 264 g/mol. The molecule has 0 bridgehead atoms. The number of rotatable bonds is 1. The number of nitrogens with one attached hydrogen (secondary N) is 1. The molecule has 4 heteroatoms. The van der Waals surface area contributed by atoms with Gasteiger partial charge in [0.1, 0.15) is 5.82 Å². The third-order valence-corrected chi connectivity index (χ3v) is 3.78. The van der Waals surface area contributed by atoms with Crippen LogP contribution in [0.15, 0.2) is 28.7 Å². The fourth-order valence-electron chi connectivity index (χ4n) is 1.98. The van der Waals surface area contributed by atoms with E-state index in [0.29, 0.717) is 0 Å². The van der Waals surface area contributed by atoms with Crippen LogP contribution in [0.1, 0.15) is 32.3 Å². The smallest absolute Gasteiger partial charge is 0.141 e. The van der Waals surface area contributed by atoms with Gasteiger partial charge in [0.2, 0.25) is 0 Å². The van der Waals surface area contributed by atoms with Crippen molar-refractivity contribution < 1.29 is 4.39 Å². The molecule has 2 heterocycles. The van der Waals surface area contributed by atoms with Gasteiger partial charge in [-0.25, -0.2) is 4.39 Å². The Kier molecular flexibility index (Phi) is 4.31. The van der Waals surface area contributed by atoms with Gasteiger partial charge in [-0.15, -0.1) is 11.3 Å². The van der Waals surface area contributed by atoms with Crippen molar-refractivity contribution in [1.29, 1.82) is 0 Å². The summed E-state index contributed by atoms with van der Waals surface area (Å²) in [6.07, 6.45) is 2.06. The van der Waals surface area contributed by atoms with E-state index in [1.165, 1.54) is 17.4 Å². The Balaban J connectivity index is 0.000000574. The molecule has 18 heavy (non-hydrogen) atoms. The van der Waals surface area contributed by atoms with Crippen molar-refractivity contribution in [2.75, 3.05) is 6.54 Å². The number of hydrogen-bond acceptors (Lipinski definition) is 3. The van der Waals surface area contributed by atoms with Crippen molar-refractivity contribution in [3.8, 4) is 0 Å². The second kappa shape index (κ2) is 5.96. The van der Waals surface area contributed by atoms with Crippen LogP contribution in [0.4, 0.5) is 4.39 Å². The Bertz CT molecular complexity index is 560. The number of fused-ring (bicyclic) bond motifs is 1. The van der Waals surface area contributed by atoms with Gasteiger partial charge < -0.3 is 5.43 Å². The van der Waals surface area contributed by atoms with Crippen LogP contribution in [-0.2, 0) is 0 Å². The van der Waals surface area contributed by atoms with Crippen LogP contribution in [0.5, 0.6) is 0 Å². The van der Waals surface area contributed by atoms with Gasteiger partial charge in [0, 0.05) is 22.9 Å². The van der Waals surface area contributed by atoms with Crippen LogP contribution >= 0.6 is 11.3 Å². The van der Waals surface area contributed by atoms with Crippen molar-refractivity contribution in [1.82, 2.24) is 5.43 Å². The molecule has 0 unspecified atom stereocenters. The van der Waals surface area contributed by atoms with Crippen molar-refractivity contribution in [3.63, 3.8) is 0 Å². The Morgan fingerprint density at radius 1 is 1.33 bits per heavy atom. The van der Waals surface area contributed by atoms with Crippen LogP contribution in [0, 0.1) is 5.82 Å². The van der Waals surface area contributed by atoms with Crippen LogP contribution in [0.3, 0.4) is 0 Å². The molecule has 1 aromatic carbocycles. The Labute approximate surface area is 111 Å². The highest BCUT2D eigenvalue weighted by Crippen LogP contribution is 2.29. The minimum Gasteiger partial charge on any atom is -0.310 e. The lowest BCUT2D eigenvalue weighted by molar-refractivity contribution is 0.641. The number of nitrogens with zero attached hydrogens (tertiary/aromatic N) is 1. The van der Waals surface area contributed by atoms with Crippen LogP contribution in [0.25, 0.3) is 10.1 Å². The van der Waals surface area contributed by atoms with Gasteiger partial charge in [-0.05, 0) is 18.9 Å². The lowest BCUT2D eigenvalue weighted by Gasteiger charge is -2.12. The summed E-state index contributed by atoms with van der Waals surface area (Å²) in [5.74, 6) is -0.141. The first kappa shape index (κ1) is 13.0. The molecule has 0 spiro atoms. The second-order valence-electron chi connectivity index (χ2n) is 3.84. The minimum absolute atomic E-state index is 0.141. The molecular weight excluding hydrogens is 247 g/mol. The van der Waals surface area contributed by atoms with Gasteiger partial charge in [0.05, 0.1) is 10.4 Å². The molecule has 1 aliphatic heterocycles. The standard InChI is InChI=1S/C12H11FN2S.C2H6/c13-10-4-1-3-8-9(7-16-12(8)10)11-5-2-6-14-15-11;1-2/h1,3-4,7,14H,2,5-6H2;1-2H3. The molecule has 1 aliphatic rings. The Morgan fingerprint density at radius 2 is 2.17 bits per heavy atom. The van der Waals surface area contributed by atoms with E-state index in [2.05, 4.69) is 10.5 Å². The maximum absolute atomic E-state index is 13.5. The average molecular weight is 264 g/mol. The summed E-state index contributed by atoms with van der Waals surface area (Å²) in [5.41, 5.74) is 5.12. The van der Waals surface area contributed by atoms with Gasteiger partial charge in [-0.1, -0.05) is 26.0 Å². The van der Waals surface area contributed by atoms with E-state index in [9.17, 15) is 4.39 Å². The molecule has 0 saturated carbocycles. The van der Waals surface area contributed by atoms with Gasteiger partial charge in [-0.3, -0.25) is 0 Å². The zero-order valence-electron chi connectivity index (χ0n) is 10.7. The quantitative estimate of drug-likeness (QED) is 0.822. The van der Waals surface area contributed by atoms with E-state index in [1.807, 2.05) is 25.3 Å². The second-order valence-corrected chi connectivity index (χ2v) is 4.72. The van der Waals surface area contributed by atoms with Gasteiger partial charge in [0.25, 0.3) is 0 Å². The predicted molar refractivity (Wildman–Crippen MR) is 76.9 cm³/mol. The van der Waals surface area contributed by atoms with E-state index in [0.717, 1.165) is 40.7 Å². The van der Waals surface area contributed by atoms with Crippen molar-refractivity contribution in [3.05, 3.63) is 35.0 Å². The van der Waals surface area contributed by atoms with Crippen LogP contribution in [-0.4, -0.2) is 12.3 Å². The summed E-state index contributed by atoms with van der Waals surface area (Å²) in [6.45, 7) is 4.93. The summed E-state index contributed by atoms with van der Waals surface area (Å²) >= 11 is 1.45. The fourth-order valence-corrected chi connectivity index (χ4v) is 2.97. The highest BCUT2D eigenvalue weighted by Gasteiger charge is 2.14. The van der Waals surface area contributed by atoms with Gasteiger partial charge in [0.15, 0.2) is 0 Å². The number of thiophene rings is 1. The molecule has 0 aliphatic carbocycles. The summed E-state index contributed by atoms with van der Waals surface area (Å²) in [6, 6.07) is 5.22. The normalized spacial score (nSPS) is 14.5. The van der Waals surface area contributed by atoms with E-state index < -0.39 is 0 Å². The molecule has 2 aromatic rings. The summed E-state index contributed by atoms with van der Waals surface area (Å²) in [4.78, 5) is 0. The van der Waals surface area contributed by atoms with Crippen molar-refractivity contribution >= 4 is 27.1 Å². The van der Waals surface area contributed by atoms with E-state index in [-0.39, 0.29) is 5.82 Å². The van der Waals surface area contributed by atoms with Crippen LogP contribution in [0.2, 0.25) is 0 Å². The molecule has 3 rings (SSSR count). The highest BCUT2D eigenvalue weighted by molar-refractivity contribution is 7.17. The van der Waals surface area contributed by atoms with E-state index >= 15 is 0 Å². The molecule has 1 N–H and O–H groups in total. The summed E-state index contributed by atoms with van der Waals surface area (Å²) < 4.78 is 14.2. The van der Waals surface area contributed by atoms with E-state index in [1.54, 1.807) is 6.07 Å². The Morgan fingerprint density at radius 3 is 2.89 bits per heavy atom. The Hall–Kier alpha value is -1.42. The first-order chi connectivity index (χ1) is 8.86. The zero-order chi connectivity index (χ0) is 13.0. The largest absolute Gasteiger partial charge is 0.310 e. The molecule has 0 amide bonds. The molecule has 0 saturated heterocycles. The lowest BCUT2D eigenvalue weighted by Crippen LogP contribution is -2.19. The van der Waals surface area contributed by atoms with Gasteiger partial charge in [-0.2, -0.15) is 5.10 Å². The average Bonchev–Trinajstić information content (AvgIpc) is 2.87. The topological polar surface area (TPSA) is 24.4 Å².